The van der Waals surface area contributed by atoms with Crippen LogP contribution in [0.1, 0.15) is 13.8 Å². The van der Waals surface area contributed by atoms with Gasteiger partial charge in [0.05, 0.1) is 0 Å². The van der Waals surface area contributed by atoms with Crippen LogP contribution in [0.15, 0.2) is 24.9 Å². The molecule has 0 aliphatic carbocycles. The van der Waals surface area contributed by atoms with Crippen molar-refractivity contribution in [2.45, 2.75) is 13.8 Å². The van der Waals surface area contributed by atoms with Crippen LogP contribution in [0.4, 0.5) is 0 Å². The topological polar surface area (TPSA) is 37.4 Å². The van der Waals surface area contributed by atoms with E-state index in [1.165, 1.54) is 13.1 Å². The molecule has 0 aromatic carbocycles. The van der Waals surface area contributed by atoms with Crippen LogP contribution in [-0.4, -0.2) is 16.7 Å². The average Bonchev–Trinajstić information content (AvgIpc) is 1.88. The van der Waals surface area contributed by atoms with Gasteiger partial charge >= 0.3 is 0 Å². The summed E-state index contributed by atoms with van der Waals surface area (Å²) in [5.41, 5.74) is 0.320. The van der Waals surface area contributed by atoms with Gasteiger partial charge in [0.25, 0.3) is 5.91 Å². The highest BCUT2D eigenvalue weighted by Crippen LogP contribution is 1.98. The molecular formula is C8H11NO2. The van der Waals surface area contributed by atoms with Gasteiger partial charge in [0.15, 0.2) is 0 Å². The summed E-state index contributed by atoms with van der Waals surface area (Å²) >= 11 is 0. The van der Waals surface area contributed by atoms with Crippen LogP contribution < -0.4 is 0 Å². The van der Waals surface area contributed by atoms with E-state index in [1.807, 2.05) is 0 Å². The van der Waals surface area contributed by atoms with E-state index in [2.05, 4.69) is 13.2 Å². The molecule has 0 heterocycles. The molecule has 0 aromatic heterocycles. The zero-order valence-corrected chi connectivity index (χ0v) is 6.76. The predicted octanol–water partition coefficient (Wildman–Crippen LogP) is 1.08. The smallest absolute Gasteiger partial charge is 0.259 e. The molecule has 0 rings (SSSR count). The van der Waals surface area contributed by atoms with Gasteiger partial charge in [-0.1, -0.05) is 13.2 Å². The summed E-state index contributed by atoms with van der Waals surface area (Å²) in [6, 6.07) is 0. The van der Waals surface area contributed by atoms with E-state index in [9.17, 15) is 9.59 Å². The van der Waals surface area contributed by atoms with Gasteiger partial charge in [-0.2, -0.15) is 0 Å². The average molecular weight is 153 g/mol. The maximum atomic E-state index is 11.0. The molecule has 60 valence electrons. The number of carbonyl (C=O) groups is 2. The summed E-state index contributed by atoms with van der Waals surface area (Å²) in [6.45, 7) is 9.58. The van der Waals surface area contributed by atoms with E-state index in [0.29, 0.717) is 5.57 Å². The third kappa shape index (κ3) is 2.37. The van der Waals surface area contributed by atoms with Crippen LogP contribution in [0.25, 0.3) is 0 Å². The highest BCUT2D eigenvalue weighted by molar-refractivity contribution is 6.03. The first-order valence-electron chi connectivity index (χ1n) is 3.13. The van der Waals surface area contributed by atoms with Crippen LogP contribution in [0, 0.1) is 0 Å². The highest BCUT2D eigenvalue weighted by Gasteiger charge is 2.13. The van der Waals surface area contributed by atoms with Crippen molar-refractivity contribution in [2.75, 3.05) is 0 Å². The Labute approximate surface area is 66.0 Å². The Morgan fingerprint density at radius 2 is 1.82 bits per heavy atom. The minimum absolute atomic E-state index is 0.320. The maximum absolute atomic E-state index is 11.0. The highest BCUT2D eigenvalue weighted by atomic mass is 16.2. The molecule has 0 aliphatic rings. The van der Waals surface area contributed by atoms with Crippen molar-refractivity contribution >= 4 is 11.8 Å². The van der Waals surface area contributed by atoms with Crippen molar-refractivity contribution < 1.29 is 9.59 Å². The molecule has 11 heavy (non-hydrogen) atoms. The molecule has 0 bridgehead atoms. The van der Waals surface area contributed by atoms with Crippen LogP contribution in [-0.2, 0) is 9.59 Å². The molecule has 0 atom stereocenters. The Balaban J connectivity index is 4.52. The van der Waals surface area contributed by atoms with Gasteiger partial charge in [-0.05, 0) is 6.92 Å². The van der Waals surface area contributed by atoms with E-state index in [0.717, 1.165) is 4.90 Å². The van der Waals surface area contributed by atoms with Gasteiger partial charge in [0.1, 0.15) is 0 Å². The molecule has 0 saturated carbocycles. The van der Waals surface area contributed by atoms with E-state index < -0.39 is 5.91 Å². The number of rotatable bonds is 2. The van der Waals surface area contributed by atoms with Crippen LogP contribution in [0.2, 0.25) is 0 Å². The molecule has 3 heteroatoms. The number of nitrogens with zero attached hydrogens (tertiary/aromatic N) is 1. The fourth-order valence-electron chi connectivity index (χ4n) is 0.560. The van der Waals surface area contributed by atoms with Crippen LogP contribution in [0.5, 0.6) is 0 Å². The molecule has 0 N–H and O–H groups in total. The number of imide groups is 1. The van der Waals surface area contributed by atoms with Gasteiger partial charge in [-0.25, -0.2) is 0 Å². The predicted molar refractivity (Wildman–Crippen MR) is 42.5 cm³/mol. The fraction of sp³-hybridized carbons (Fsp3) is 0.250. The van der Waals surface area contributed by atoms with E-state index >= 15 is 0 Å². The second-order valence-corrected chi connectivity index (χ2v) is 2.16. The van der Waals surface area contributed by atoms with Gasteiger partial charge in [-0.3, -0.25) is 14.5 Å². The largest absolute Gasteiger partial charge is 0.274 e. The van der Waals surface area contributed by atoms with Crippen LogP contribution >= 0.6 is 0 Å². The summed E-state index contributed by atoms with van der Waals surface area (Å²) in [5, 5.41) is 0. The first-order valence-corrected chi connectivity index (χ1v) is 3.13. The van der Waals surface area contributed by atoms with Crippen molar-refractivity contribution in [1.82, 2.24) is 4.90 Å². The second-order valence-electron chi connectivity index (χ2n) is 2.16. The Hall–Kier alpha value is -1.38. The van der Waals surface area contributed by atoms with Crippen molar-refractivity contribution in [1.29, 1.82) is 0 Å². The van der Waals surface area contributed by atoms with E-state index in [4.69, 9.17) is 0 Å². The molecular weight excluding hydrogens is 142 g/mol. The molecule has 0 spiro atoms. The van der Waals surface area contributed by atoms with Crippen molar-refractivity contribution in [3.63, 3.8) is 0 Å². The first-order chi connectivity index (χ1) is 5.00. The number of amides is 2. The van der Waals surface area contributed by atoms with Gasteiger partial charge in [0.2, 0.25) is 5.91 Å². The van der Waals surface area contributed by atoms with Gasteiger partial charge in [0, 0.05) is 18.7 Å². The molecule has 0 radical (unpaired) electrons. The summed E-state index contributed by atoms with van der Waals surface area (Å²) in [7, 11) is 0. The maximum Gasteiger partial charge on any atom is 0.259 e. The zero-order chi connectivity index (χ0) is 9.02. The Kier molecular flexibility index (Phi) is 3.24. The van der Waals surface area contributed by atoms with E-state index in [-0.39, 0.29) is 5.91 Å². The van der Waals surface area contributed by atoms with Crippen molar-refractivity contribution in [3.05, 3.63) is 24.9 Å². The van der Waals surface area contributed by atoms with Crippen molar-refractivity contribution in [2.24, 2.45) is 0 Å². The minimum atomic E-state index is -0.410. The molecule has 0 aliphatic heterocycles. The van der Waals surface area contributed by atoms with Crippen molar-refractivity contribution in [3.8, 4) is 0 Å². The summed E-state index contributed by atoms with van der Waals surface area (Å²) in [4.78, 5) is 22.7. The standard InChI is InChI=1S/C8H11NO2/c1-5-9(7(4)10)8(11)6(2)3/h5H,1-2H2,3-4H3. The normalized spacial score (nSPS) is 8.55. The molecule has 0 fully saturated rings. The molecule has 2 amide bonds. The lowest BCUT2D eigenvalue weighted by molar-refractivity contribution is -0.137. The third-order valence-electron chi connectivity index (χ3n) is 1.11. The summed E-state index contributed by atoms with van der Waals surface area (Å²) in [5.74, 6) is -0.763. The Bertz CT molecular complexity index is 218. The lowest BCUT2D eigenvalue weighted by atomic mass is 10.3. The fourth-order valence-corrected chi connectivity index (χ4v) is 0.560. The first kappa shape index (κ1) is 9.62. The molecule has 0 saturated heterocycles. The molecule has 0 unspecified atom stereocenters. The molecule has 3 nitrogen and oxygen atoms in total. The Morgan fingerprint density at radius 3 is 1.91 bits per heavy atom. The Morgan fingerprint density at radius 1 is 1.36 bits per heavy atom. The summed E-state index contributed by atoms with van der Waals surface area (Å²) in [6.07, 6.45) is 1.18. The van der Waals surface area contributed by atoms with Crippen LogP contribution in [0.3, 0.4) is 0 Å². The lowest BCUT2D eigenvalue weighted by Gasteiger charge is -2.12. The zero-order valence-electron chi connectivity index (χ0n) is 6.76. The monoisotopic (exact) mass is 153 g/mol. The minimum Gasteiger partial charge on any atom is -0.274 e. The third-order valence-corrected chi connectivity index (χ3v) is 1.11. The quantitative estimate of drug-likeness (QED) is 0.557. The number of hydrogen-bond donors (Lipinski definition) is 0. The van der Waals surface area contributed by atoms with Gasteiger partial charge in [-0.15, -0.1) is 0 Å². The number of hydrogen-bond acceptors (Lipinski definition) is 2. The SMILES string of the molecule is C=CN(C(C)=O)C(=O)C(=C)C. The number of carbonyl (C=O) groups excluding carboxylic acids is 2. The van der Waals surface area contributed by atoms with Gasteiger partial charge < -0.3 is 0 Å². The summed E-state index contributed by atoms with van der Waals surface area (Å²) < 4.78 is 0. The lowest BCUT2D eigenvalue weighted by Crippen LogP contribution is -2.30. The molecule has 0 aromatic rings. The second kappa shape index (κ2) is 3.71. The van der Waals surface area contributed by atoms with E-state index in [1.54, 1.807) is 6.92 Å².